The first-order valence-corrected chi connectivity index (χ1v) is 14.3. The van der Waals surface area contributed by atoms with Crippen LogP contribution in [0.3, 0.4) is 0 Å². The second kappa shape index (κ2) is 10.8. The number of hydrogen-bond acceptors (Lipinski definition) is 8. The highest BCUT2D eigenvalue weighted by Gasteiger charge is 2.61. The highest BCUT2D eigenvalue weighted by Crippen LogP contribution is 2.47. The molecule has 218 valence electrons. The summed E-state index contributed by atoms with van der Waals surface area (Å²) in [4.78, 5) is 45.8. The first-order valence-electron chi connectivity index (χ1n) is 14.3. The molecule has 5 unspecified atom stereocenters. The Kier molecular flexibility index (Phi) is 7.13. The molecule has 41 heavy (non-hydrogen) atoms. The molecule has 2 N–H and O–H groups in total. The second-order valence-electron chi connectivity index (χ2n) is 11.3. The summed E-state index contributed by atoms with van der Waals surface area (Å²) >= 11 is 0. The Labute approximate surface area is 237 Å². The third-order valence-electron chi connectivity index (χ3n) is 8.62. The Balaban J connectivity index is 1.31. The molecule has 4 aliphatic rings. The molecule has 0 bridgehead atoms. The van der Waals surface area contributed by atoms with Crippen molar-refractivity contribution in [2.45, 2.75) is 57.1 Å². The largest absolute Gasteiger partial charge is 0.489 e. The summed E-state index contributed by atoms with van der Waals surface area (Å²) in [7, 11) is 1.76. The summed E-state index contributed by atoms with van der Waals surface area (Å²) in [6.07, 6.45) is 6.87. The van der Waals surface area contributed by atoms with Crippen molar-refractivity contribution in [3.05, 3.63) is 30.4 Å². The van der Waals surface area contributed by atoms with Gasteiger partial charge in [-0.25, -0.2) is 9.78 Å². The van der Waals surface area contributed by atoms with Gasteiger partial charge in [0.05, 0.1) is 18.4 Å². The molecule has 2 fully saturated rings. The first kappa shape index (κ1) is 27.2. The molecule has 5 atom stereocenters. The van der Waals surface area contributed by atoms with Crippen molar-refractivity contribution < 1.29 is 38.4 Å². The van der Waals surface area contributed by atoms with Gasteiger partial charge in [-0.05, 0) is 57.6 Å². The van der Waals surface area contributed by atoms with E-state index in [4.69, 9.17) is 18.9 Å². The molecule has 11 nitrogen and oxygen atoms in total. The van der Waals surface area contributed by atoms with Gasteiger partial charge in [-0.1, -0.05) is 12.2 Å². The zero-order chi connectivity index (χ0) is 28.7. The summed E-state index contributed by atoms with van der Waals surface area (Å²) in [5.74, 6) is -1.25. The van der Waals surface area contributed by atoms with E-state index in [9.17, 15) is 19.5 Å². The lowest BCUT2D eigenvalue weighted by Crippen LogP contribution is -2.49. The minimum Gasteiger partial charge on any atom is -0.489 e. The summed E-state index contributed by atoms with van der Waals surface area (Å²) in [5, 5.41) is 13.5. The van der Waals surface area contributed by atoms with Crippen LogP contribution in [0.25, 0.3) is 10.9 Å². The monoisotopic (exact) mass is 565 g/mol. The van der Waals surface area contributed by atoms with Gasteiger partial charge in [-0.15, -0.1) is 0 Å². The first-order chi connectivity index (χ1) is 19.8. The van der Waals surface area contributed by atoms with E-state index in [0.717, 1.165) is 19.3 Å². The number of allylic oxidation sites excluding steroid dienone is 1. The van der Waals surface area contributed by atoms with Crippen LogP contribution in [0.1, 0.15) is 45.4 Å². The predicted octanol–water partition coefficient (Wildman–Crippen LogP) is 3.29. The molecule has 1 aromatic heterocycles. The third-order valence-corrected chi connectivity index (χ3v) is 8.62. The van der Waals surface area contributed by atoms with Crippen molar-refractivity contribution in [2.75, 3.05) is 27.0 Å². The third kappa shape index (κ3) is 5.02. The number of carbonyl (C=O) groups is 3. The quantitative estimate of drug-likeness (QED) is 0.523. The minimum absolute atomic E-state index is 0.0936. The molecule has 3 heterocycles. The fourth-order valence-corrected chi connectivity index (χ4v) is 6.29. The van der Waals surface area contributed by atoms with Gasteiger partial charge in [0.15, 0.2) is 11.5 Å². The molecule has 0 radical (unpaired) electrons. The summed E-state index contributed by atoms with van der Waals surface area (Å²) in [6.45, 7) is 2.95. The maximum absolute atomic E-state index is 13.7. The number of aromatic nitrogens is 1. The molecule has 0 spiro atoms. The van der Waals surface area contributed by atoms with Crippen LogP contribution in [0.15, 0.2) is 30.4 Å². The molecule has 2 aliphatic carbocycles. The number of rotatable bonds is 5. The lowest BCUT2D eigenvalue weighted by Gasteiger charge is -2.26. The van der Waals surface area contributed by atoms with E-state index in [1.54, 1.807) is 24.1 Å². The maximum Gasteiger partial charge on any atom is 0.330 e. The van der Waals surface area contributed by atoms with Gasteiger partial charge in [-0.2, -0.15) is 0 Å². The Morgan fingerprint density at radius 1 is 1.22 bits per heavy atom. The van der Waals surface area contributed by atoms with Gasteiger partial charge in [0.2, 0.25) is 24.5 Å². The van der Waals surface area contributed by atoms with Crippen molar-refractivity contribution >= 4 is 28.7 Å². The zero-order valence-corrected chi connectivity index (χ0v) is 23.3. The molecule has 1 aromatic carbocycles. The second-order valence-corrected chi connectivity index (χ2v) is 11.3. The Morgan fingerprint density at radius 2 is 2.05 bits per heavy atom. The highest BCUT2D eigenvalue weighted by molar-refractivity contribution is 5.95. The number of hydrogen-bond donors (Lipinski definition) is 2. The van der Waals surface area contributed by atoms with Crippen LogP contribution in [-0.2, 0) is 14.4 Å². The van der Waals surface area contributed by atoms with Crippen LogP contribution in [0, 0.1) is 17.8 Å². The normalized spacial score (nSPS) is 30.1. The average molecular weight is 566 g/mol. The van der Waals surface area contributed by atoms with Crippen molar-refractivity contribution in [3.8, 4) is 23.1 Å². The Morgan fingerprint density at radius 3 is 2.85 bits per heavy atom. The Bertz CT molecular complexity index is 1410. The summed E-state index contributed by atoms with van der Waals surface area (Å²) in [5.41, 5.74) is -0.783. The number of pyridine rings is 1. The summed E-state index contributed by atoms with van der Waals surface area (Å²) in [6, 6.07) is 5.35. The number of fused-ring (bicyclic) bond motifs is 5. The van der Waals surface area contributed by atoms with E-state index in [0.29, 0.717) is 60.0 Å². The van der Waals surface area contributed by atoms with E-state index >= 15 is 0 Å². The fourth-order valence-electron chi connectivity index (χ4n) is 6.29. The number of nitrogens with one attached hydrogen (secondary N) is 1. The standard InChI is InChI=1S/C30H35N3O8/c1-3-38-24-14-23(19-9-10-22-26(25(19)31-24)40-16-39-22)41-18-12-20-21(13-18)28(35)33(2)11-7-5-4-6-8-17-15-30(17,29(36)37)32-27(20)34/h6,8-10,14,17-18,20-21H,3-5,7,11-13,15-16H2,1-2H3,(H,32,34)(H,36,37)/b8-6+. The lowest BCUT2D eigenvalue weighted by atomic mass is 9.93. The van der Waals surface area contributed by atoms with Crippen LogP contribution in [0.2, 0.25) is 0 Å². The molecule has 2 amide bonds. The fraction of sp³-hybridized carbons (Fsp3) is 0.533. The van der Waals surface area contributed by atoms with Crippen molar-refractivity contribution in [3.63, 3.8) is 0 Å². The topological polar surface area (TPSA) is 137 Å². The van der Waals surface area contributed by atoms with Crippen molar-refractivity contribution in [2.24, 2.45) is 17.8 Å². The van der Waals surface area contributed by atoms with E-state index < -0.39 is 35.4 Å². The Hall–Kier alpha value is -4.02. The van der Waals surface area contributed by atoms with Crippen LogP contribution in [0.5, 0.6) is 23.1 Å². The van der Waals surface area contributed by atoms with Gasteiger partial charge in [0.25, 0.3) is 0 Å². The number of aliphatic carboxylic acids is 1. The molecule has 2 aliphatic heterocycles. The molecule has 2 saturated carbocycles. The van der Waals surface area contributed by atoms with Gasteiger partial charge in [-0.3, -0.25) is 9.59 Å². The van der Waals surface area contributed by atoms with Crippen LogP contribution >= 0.6 is 0 Å². The molecule has 2 aromatic rings. The van der Waals surface area contributed by atoms with E-state index in [2.05, 4.69) is 10.3 Å². The number of amides is 2. The van der Waals surface area contributed by atoms with Crippen LogP contribution < -0.4 is 24.3 Å². The molecule has 0 saturated heterocycles. The molecule has 6 rings (SSSR count). The SMILES string of the molecule is CCOc1cc(OC2CC3C(=O)NC4(C(=O)O)CC4/C=C/CCCCN(C)C(=O)C3C2)c2ccc3c(c2n1)OCO3. The number of carbonyl (C=O) groups excluding carboxylic acids is 2. The van der Waals surface area contributed by atoms with Crippen LogP contribution in [0.4, 0.5) is 0 Å². The average Bonchev–Trinajstić information content (AvgIpc) is 3.26. The minimum atomic E-state index is -1.33. The molecular formula is C30H35N3O8. The summed E-state index contributed by atoms with van der Waals surface area (Å²) < 4.78 is 23.4. The number of benzene rings is 1. The molecular weight excluding hydrogens is 530 g/mol. The highest BCUT2D eigenvalue weighted by atomic mass is 16.7. The van der Waals surface area contributed by atoms with Crippen molar-refractivity contribution in [1.29, 1.82) is 0 Å². The maximum atomic E-state index is 13.7. The number of carboxylic acids is 1. The number of ether oxygens (including phenoxy) is 4. The molecule has 11 heteroatoms. The van der Waals surface area contributed by atoms with E-state index in [1.807, 2.05) is 25.1 Å². The van der Waals surface area contributed by atoms with Crippen molar-refractivity contribution in [1.82, 2.24) is 15.2 Å². The predicted molar refractivity (Wildman–Crippen MR) is 147 cm³/mol. The number of carboxylic acid groups (broad SMARTS) is 1. The van der Waals surface area contributed by atoms with E-state index in [1.165, 1.54) is 0 Å². The van der Waals surface area contributed by atoms with Gasteiger partial charge in [0.1, 0.15) is 22.9 Å². The zero-order valence-electron chi connectivity index (χ0n) is 23.3. The number of nitrogens with zero attached hydrogens (tertiary/aromatic N) is 2. The lowest BCUT2D eigenvalue weighted by molar-refractivity contribution is -0.145. The van der Waals surface area contributed by atoms with Gasteiger partial charge < -0.3 is 34.3 Å². The van der Waals surface area contributed by atoms with Gasteiger partial charge >= 0.3 is 5.97 Å². The van der Waals surface area contributed by atoms with Gasteiger partial charge in [0, 0.05) is 31.0 Å². The smallest absolute Gasteiger partial charge is 0.330 e. The van der Waals surface area contributed by atoms with E-state index in [-0.39, 0.29) is 25.0 Å². The van der Waals surface area contributed by atoms with Crippen LogP contribution in [-0.4, -0.2) is 71.4 Å².